The third-order valence-corrected chi connectivity index (χ3v) is 4.09. The summed E-state index contributed by atoms with van der Waals surface area (Å²) < 4.78 is 2.64. The van der Waals surface area contributed by atoms with Crippen LogP contribution in [0.4, 0.5) is 5.69 Å². The Hall–Kier alpha value is -1.92. The Morgan fingerprint density at radius 2 is 2.05 bits per heavy atom. The molecule has 0 spiro atoms. The molecule has 0 radical (unpaired) electrons. The second-order valence-electron chi connectivity index (χ2n) is 4.36. The maximum atomic E-state index is 6.23. The van der Waals surface area contributed by atoms with Gasteiger partial charge in [-0.3, -0.25) is 0 Å². The molecule has 0 atom stereocenters. The summed E-state index contributed by atoms with van der Waals surface area (Å²) in [4.78, 5) is 0. The largest absolute Gasteiger partial charge is 0.380 e. The zero-order chi connectivity index (χ0) is 14.7. The first-order valence-electron chi connectivity index (χ1n) is 6.24. The van der Waals surface area contributed by atoms with Crippen molar-refractivity contribution in [2.45, 2.75) is 6.54 Å². The van der Waals surface area contributed by atoms with Crippen molar-refractivity contribution < 1.29 is 0 Å². The quantitative estimate of drug-likeness (QED) is 0.767. The van der Waals surface area contributed by atoms with Crippen molar-refractivity contribution in [2.75, 3.05) is 5.32 Å². The number of hydrogen-bond acceptors (Lipinski definition) is 4. The fraction of sp³-hybridized carbons (Fsp3) is 0.0714. The van der Waals surface area contributed by atoms with E-state index in [0.29, 0.717) is 11.6 Å². The first-order valence-corrected chi connectivity index (χ1v) is 7.41. The van der Waals surface area contributed by atoms with E-state index in [2.05, 4.69) is 42.8 Å². The van der Waals surface area contributed by atoms with Gasteiger partial charge in [-0.2, -0.15) is 0 Å². The molecule has 2 aromatic carbocycles. The minimum atomic E-state index is 0.652. The Balaban J connectivity index is 1.82. The van der Waals surface area contributed by atoms with Gasteiger partial charge in [0.1, 0.15) is 6.33 Å². The summed E-state index contributed by atoms with van der Waals surface area (Å²) in [5.74, 6) is 0. The molecule has 7 heteroatoms. The molecule has 3 rings (SSSR count). The number of aromatic nitrogens is 4. The summed E-state index contributed by atoms with van der Waals surface area (Å²) in [5.41, 5.74) is 2.83. The molecular weight excluding hydrogens is 354 g/mol. The van der Waals surface area contributed by atoms with Crippen LogP contribution in [0.1, 0.15) is 5.56 Å². The zero-order valence-corrected chi connectivity index (χ0v) is 13.2. The van der Waals surface area contributed by atoms with Crippen LogP contribution in [-0.4, -0.2) is 20.2 Å². The van der Waals surface area contributed by atoms with Crippen molar-refractivity contribution in [3.63, 3.8) is 0 Å². The van der Waals surface area contributed by atoms with E-state index in [1.54, 1.807) is 11.0 Å². The monoisotopic (exact) mass is 363 g/mol. The van der Waals surface area contributed by atoms with E-state index >= 15 is 0 Å². The van der Waals surface area contributed by atoms with Crippen molar-refractivity contribution in [1.82, 2.24) is 20.2 Å². The first kappa shape index (κ1) is 14.0. The van der Waals surface area contributed by atoms with Crippen molar-refractivity contribution in [3.8, 4) is 5.69 Å². The van der Waals surface area contributed by atoms with Crippen LogP contribution in [0.25, 0.3) is 5.69 Å². The number of nitrogens with one attached hydrogen (secondary N) is 1. The van der Waals surface area contributed by atoms with Gasteiger partial charge < -0.3 is 5.32 Å². The van der Waals surface area contributed by atoms with Gasteiger partial charge in [-0.15, -0.1) is 5.10 Å². The lowest BCUT2D eigenvalue weighted by Crippen LogP contribution is -2.02. The molecule has 1 N–H and O–H groups in total. The lowest BCUT2D eigenvalue weighted by Gasteiger charge is -2.11. The minimum Gasteiger partial charge on any atom is -0.380 e. The number of tetrazole rings is 1. The Morgan fingerprint density at radius 1 is 1.19 bits per heavy atom. The van der Waals surface area contributed by atoms with E-state index < -0.39 is 0 Å². The SMILES string of the molecule is Clc1ccc(-n2cnnn2)cc1NCc1ccccc1Br. The number of rotatable bonds is 4. The molecule has 3 aromatic rings. The fourth-order valence-electron chi connectivity index (χ4n) is 1.90. The normalized spacial score (nSPS) is 10.6. The van der Waals surface area contributed by atoms with Gasteiger partial charge in [-0.25, -0.2) is 4.68 Å². The first-order chi connectivity index (χ1) is 10.2. The van der Waals surface area contributed by atoms with Crippen LogP contribution in [0.3, 0.4) is 0 Å². The molecule has 0 bridgehead atoms. The average molecular weight is 365 g/mol. The van der Waals surface area contributed by atoms with Gasteiger partial charge in [0.05, 0.1) is 16.4 Å². The standard InChI is InChI=1S/C14H11BrClN5/c15-12-4-2-1-3-10(12)8-17-14-7-11(5-6-13(14)16)21-9-18-19-20-21/h1-7,9,17H,8H2. The lowest BCUT2D eigenvalue weighted by atomic mass is 10.2. The Labute approximate surface area is 135 Å². The van der Waals surface area contributed by atoms with Crippen molar-refractivity contribution in [2.24, 2.45) is 0 Å². The van der Waals surface area contributed by atoms with E-state index in [1.807, 2.05) is 36.4 Å². The van der Waals surface area contributed by atoms with E-state index in [9.17, 15) is 0 Å². The van der Waals surface area contributed by atoms with E-state index in [0.717, 1.165) is 21.4 Å². The second kappa shape index (κ2) is 6.24. The van der Waals surface area contributed by atoms with Crippen LogP contribution in [0.2, 0.25) is 5.02 Å². The molecule has 0 saturated carbocycles. The summed E-state index contributed by atoms with van der Waals surface area (Å²) in [6, 6.07) is 13.6. The Kier molecular flexibility index (Phi) is 4.17. The number of halogens is 2. The van der Waals surface area contributed by atoms with Gasteiger partial charge in [0.15, 0.2) is 0 Å². The zero-order valence-electron chi connectivity index (χ0n) is 10.9. The highest BCUT2D eigenvalue weighted by Gasteiger charge is 2.05. The summed E-state index contributed by atoms with van der Waals surface area (Å²) in [6.07, 6.45) is 1.54. The topological polar surface area (TPSA) is 55.6 Å². The molecule has 1 aromatic heterocycles. The smallest absolute Gasteiger partial charge is 0.143 e. The highest BCUT2D eigenvalue weighted by molar-refractivity contribution is 9.10. The predicted molar refractivity (Wildman–Crippen MR) is 85.6 cm³/mol. The van der Waals surface area contributed by atoms with E-state index in [4.69, 9.17) is 11.6 Å². The second-order valence-corrected chi connectivity index (χ2v) is 5.63. The molecule has 0 aliphatic carbocycles. The van der Waals surface area contributed by atoms with E-state index in [-0.39, 0.29) is 0 Å². The molecule has 1 heterocycles. The molecule has 21 heavy (non-hydrogen) atoms. The summed E-state index contributed by atoms with van der Waals surface area (Å²) in [5, 5.41) is 15.1. The highest BCUT2D eigenvalue weighted by Crippen LogP contribution is 2.26. The lowest BCUT2D eigenvalue weighted by molar-refractivity contribution is 0.789. The van der Waals surface area contributed by atoms with Crippen LogP contribution < -0.4 is 5.32 Å². The Bertz CT molecular complexity index is 745. The molecule has 0 fully saturated rings. The third-order valence-electron chi connectivity index (χ3n) is 2.99. The molecular formula is C14H11BrClN5. The van der Waals surface area contributed by atoms with E-state index in [1.165, 1.54) is 0 Å². The molecule has 5 nitrogen and oxygen atoms in total. The van der Waals surface area contributed by atoms with Gasteiger partial charge >= 0.3 is 0 Å². The predicted octanol–water partition coefficient (Wildman–Crippen LogP) is 3.69. The minimum absolute atomic E-state index is 0.652. The van der Waals surface area contributed by atoms with Crippen molar-refractivity contribution >= 4 is 33.2 Å². The molecule has 0 amide bonds. The van der Waals surface area contributed by atoms with Gasteiger partial charge in [0, 0.05) is 11.0 Å². The molecule has 106 valence electrons. The summed E-state index contributed by atoms with van der Waals surface area (Å²) >= 11 is 9.76. The van der Waals surface area contributed by atoms with Crippen molar-refractivity contribution in [1.29, 1.82) is 0 Å². The van der Waals surface area contributed by atoms with Crippen LogP contribution in [0.15, 0.2) is 53.3 Å². The number of benzene rings is 2. The van der Waals surface area contributed by atoms with Gasteiger partial charge in [0.2, 0.25) is 0 Å². The molecule has 0 unspecified atom stereocenters. The van der Waals surface area contributed by atoms with Crippen LogP contribution in [-0.2, 0) is 6.54 Å². The van der Waals surface area contributed by atoms with Crippen LogP contribution in [0, 0.1) is 0 Å². The molecule has 0 aliphatic heterocycles. The molecule has 0 aliphatic rings. The van der Waals surface area contributed by atoms with Gasteiger partial charge in [0.25, 0.3) is 0 Å². The average Bonchev–Trinajstić information content (AvgIpc) is 3.02. The Morgan fingerprint density at radius 3 is 2.81 bits per heavy atom. The summed E-state index contributed by atoms with van der Waals surface area (Å²) in [7, 11) is 0. The maximum absolute atomic E-state index is 6.23. The highest BCUT2D eigenvalue weighted by atomic mass is 79.9. The fourth-order valence-corrected chi connectivity index (χ4v) is 2.51. The van der Waals surface area contributed by atoms with Crippen molar-refractivity contribution in [3.05, 3.63) is 63.9 Å². The number of hydrogen-bond donors (Lipinski definition) is 1. The molecule has 0 saturated heterocycles. The number of anilines is 1. The summed E-state index contributed by atoms with van der Waals surface area (Å²) in [6.45, 7) is 0.667. The maximum Gasteiger partial charge on any atom is 0.143 e. The van der Waals surface area contributed by atoms with Gasteiger partial charge in [-0.05, 0) is 40.3 Å². The number of nitrogens with zero attached hydrogens (tertiary/aromatic N) is 4. The van der Waals surface area contributed by atoms with Crippen LogP contribution in [0.5, 0.6) is 0 Å². The van der Waals surface area contributed by atoms with Crippen LogP contribution >= 0.6 is 27.5 Å². The third kappa shape index (κ3) is 3.22. The van der Waals surface area contributed by atoms with Gasteiger partial charge in [-0.1, -0.05) is 45.7 Å².